The van der Waals surface area contributed by atoms with Crippen LogP contribution in [0.15, 0.2) is 33.4 Å². The van der Waals surface area contributed by atoms with Crippen LogP contribution in [0.3, 0.4) is 0 Å². The van der Waals surface area contributed by atoms with E-state index in [1.165, 1.54) is 0 Å². The fourth-order valence-corrected chi connectivity index (χ4v) is 3.08. The number of hydrogen-bond donors (Lipinski definition) is 1. The molecule has 0 saturated carbocycles. The Labute approximate surface area is 132 Å². The van der Waals surface area contributed by atoms with Gasteiger partial charge >= 0.3 is 0 Å². The van der Waals surface area contributed by atoms with Gasteiger partial charge in [-0.2, -0.15) is 0 Å². The summed E-state index contributed by atoms with van der Waals surface area (Å²) in [5.74, 6) is 2.49. The Morgan fingerprint density at radius 2 is 1.95 bits per heavy atom. The molecule has 1 atom stereocenters. The third-order valence-electron chi connectivity index (χ3n) is 3.54. The van der Waals surface area contributed by atoms with Crippen LogP contribution in [0.4, 0.5) is 0 Å². The molecule has 0 radical (unpaired) electrons. The van der Waals surface area contributed by atoms with Crippen molar-refractivity contribution in [2.24, 2.45) is 0 Å². The van der Waals surface area contributed by atoms with Crippen molar-refractivity contribution in [3.63, 3.8) is 0 Å². The van der Waals surface area contributed by atoms with Crippen LogP contribution in [0.25, 0.3) is 0 Å². The Bertz CT molecular complexity index is 638. The normalized spacial score (nSPS) is 15.0. The van der Waals surface area contributed by atoms with Crippen LogP contribution in [0.2, 0.25) is 0 Å². The number of benzene rings is 1. The molecule has 21 heavy (non-hydrogen) atoms. The molecule has 5 heteroatoms. The molecule has 1 aromatic heterocycles. The maximum absolute atomic E-state index is 5.69. The second-order valence-corrected chi connectivity index (χ2v) is 5.83. The first kappa shape index (κ1) is 14.5. The molecule has 112 valence electrons. The average Bonchev–Trinajstić information content (AvgIpc) is 2.90. The van der Waals surface area contributed by atoms with E-state index in [-0.39, 0.29) is 6.04 Å². The summed E-state index contributed by atoms with van der Waals surface area (Å²) in [7, 11) is 0. The summed E-state index contributed by atoms with van der Waals surface area (Å²) in [5, 5.41) is 3.47. The Balaban J connectivity index is 2.05. The number of rotatable bonds is 4. The molecule has 0 saturated heterocycles. The SMILES string of the molecule is CCNC(c1cc2c(cc1Br)OCCO2)c1occc1C. The van der Waals surface area contributed by atoms with Gasteiger partial charge in [-0.3, -0.25) is 0 Å². The fourth-order valence-electron chi connectivity index (χ4n) is 2.53. The molecule has 1 aliphatic heterocycles. The van der Waals surface area contributed by atoms with Gasteiger partial charge in [0.05, 0.1) is 12.3 Å². The number of furan rings is 1. The summed E-state index contributed by atoms with van der Waals surface area (Å²) in [4.78, 5) is 0. The van der Waals surface area contributed by atoms with Crippen molar-refractivity contribution in [2.75, 3.05) is 19.8 Å². The number of hydrogen-bond acceptors (Lipinski definition) is 4. The van der Waals surface area contributed by atoms with Crippen molar-refractivity contribution in [2.45, 2.75) is 19.9 Å². The molecule has 0 bridgehead atoms. The number of aryl methyl sites for hydroxylation is 1. The van der Waals surface area contributed by atoms with E-state index in [2.05, 4.69) is 35.1 Å². The van der Waals surface area contributed by atoms with Crippen LogP contribution >= 0.6 is 15.9 Å². The molecule has 0 amide bonds. The molecule has 1 aromatic carbocycles. The molecule has 4 nitrogen and oxygen atoms in total. The van der Waals surface area contributed by atoms with Crippen LogP contribution in [-0.2, 0) is 0 Å². The van der Waals surface area contributed by atoms with E-state index < -0.39 is 0 Å². The van der Waals surface area contributed by atoms with Crippen molar-refractivity contribution < 1.29 is 13.9 Å². The Kier molecular flexibility index (Phi) is 4.22. The van der Waals surface area contributed by atoms with Crippen molar-refractivity contribution in [3.8, 4) is 11.5 Å². The Morgan fingerprint density at radius 3 is 2.57 bits per heavy atom. The highest BCUT2D eigenvalue weighted by Crippen LogP contribution is 2.40. The Hall–Kier alpha value is -1.46. The van der Waals surface area contributed by atoms with Gasteiger partial charge in [-0.25, -0.2) is 0 Å². The zero-order chi connectivity index (χ0) is 14.8. The largest absolute Gasteiger partial charge is 0.486 e. The van der Waals surface area contributed by atoms with Crippen molar-refractivity contribution in [1.82, 2.24) is 5.32 Å². The Morgan fingerprint density at radius 1 is 1.24 bits per heavy atom. The van der Waals surface area contributed by atoms with Gasteiger partial charge in [0.25, 0.3) is 0 Å². The minimum Gasteiger partial charge on any atom is -0.486 e. The first-order valence-electron chi connectivity index (χ1n) is 7.07. The van der Waals surface area contributed by atoms with E-state index in [4.69, 9.17) is 13.9 Å². The zero-order valence-corrected chi connectivity index (χ0v) is 13.7. The molecule has 3 rings (SSSR count). The van der Waals surface area contributed by atoms with Gasteiger partial charge in [0.2, 0.25) is 0 Å². The van der Waals surface area contributed by atoms with E-state index in [0.29, 0.717) is 13.2 Å². The molecule has 1 N–H and O–H groups in total. The summed E-state index contributed by atoms with van der Waals surface area (Å²) in [6.45, 7) is 6.14. The van der Waals surface area contributed by atoms with E-state index >= 15 is 0 Å². The highest BCUT2D eigenvalue weighted by atomic mass is 79.9. The van der Waals surface area contributed by atoms with Crippen LogP contribution in [0, 0.1) is 6.92 Å². The lowest BCUT2D eigenvalue weighted by Crippen LogP contribution is -2.23. The van der Waals surface area contributed by atoms with Crippen molar-refractivity contribution in [3.05, 3.63) is 45.8 Å². The second kappa shape index (κ2) is 6.12. The number of halogens is 1. The van der Waals surface area contributed by atoms with E-state index in [1.54, 1.807) is 6.26 Å². The minimum atomic E-state index is -0.0183. The van der Waals surface area contributed by atoms with Gasteiger partial charge in [0.1, 0.15) is 19.0 Å². The summed E-state index contributed by atoms with van der Waals surface area (Å²) in [5.41, 5.74) is 2.21. The molecular weight excluding hydrogens is 334 g/mol. The standard InChI is InChI=1S/C16H18BrNO3/c1-3-18-15(16-10(2)4-5-21-16)11-8-13-14(9-12(11)17)20-7-6-19-13/h4-5,8-9,15,18H,3,6-7H2,1-2H3. The predicted octanol–water partition coefficient (Wildman–Crippen LogP) is 3.82. The molecule has 0 spiro atoms. The first-order chi connectivity index (χ1) is 10.2. The van der Waals surface area contributed by atoms with E-state index in [1.807, 2.05) is 18.2 Å². The summed E-state index contributed by atoms with van der Waals surface area (Å²) < 4.78 is 18.0. The van der Waals surface area contributed by atoms with E-state index in [9.17, 15) is 0 Å². The van der Waals surface area contributed by atoms with Gasteiger partial charge in [-0.1, -0.05) is 22.9 Å². The van der Waals surface area contributed by atoms with Crippen LogP contribution in [0.5, 0.6) is 11.5 Å². The van der Waals surface area contributed by atoms with Gasteiger partial charge in [-0.05, 0) is 42.8 Å². The summed E-state index contributed by atoms with van der Waals surface area (Å²) >= 11 is 3.64. The summed E-state index contributed by atoms with van der Waals surface area (Å²) in [6.07, 6.45) is 1.72. The molecule has 0 fully saturated rings. The predicted molar refractivity (Wildman–Crippen MR) is 84.1 cm³/mol. The van der Waals surface area contributed by atoms with Gasteiger partial charge < -0.3 is 19.2 Å². The fraction of sp³-hybridized carbons (Fsp3) is 0.375. The molecule has 1 aliphatic rings. The van der Waals surface area contributed by atoms with Crippen molar-refractivity contribution in [1.29, 1.82) is 0 Å². The number of fused-ring (bicyclic) bond motifs is 1. The lowest BCUT2D eigenvalue weighted by atomic mass is 10.0. The molecule has 1 unspecified atom stereocenters. The number of ether oxygens (including phenoxy) is 2. The van der Waals surface area contributed by atoms with Gasteiger partial charge in [0, 0.05) is 4.47 Å². The quantitative estimate of drug-likeness (QED) is 0.909. The minimum absolute atomic E-state index is 0.0183. The molecule has 2 heterocycles. The molecule has 2 aromatic rings. The maximum atomic E-state index is 5.69. The van der Waals surface area contributed by atoms with Crippen LogP contribution < -0.4 is 14.8 Å². The van der Waals surface area contributed by atoms with Crippen molar-refractivity contribution >= 4 is 15.9 Å². The molecule has 0 aliphatic carbocycles. The zero-order valence-electron chi connectivity index (χ0n) is 12.1. The van der Waals surface area contributed by atoms with Gasteiger partial charge in [-0.15, -0.1) is 0 Å². The second-order valence-electron chi connectivity index (χ2n) is 4.98. The van der Waals surface area contributed by atoms with E-state index in [0.717, 1.165) is 39.4 Å². The topological polar surface area (TPSA) is 43.6 Å². The third kappa shape index (κ3) is 2.80. The lowest BCUT2D eigenvalue weighted by Gasteiger charge is -2.23. The highest BCUT2D eigenvalue weighted by Gasteiger charge is 2.24. The average molecular weight is 352 g/mol. The number of nitrogens with one attached hydrogen (secondary N) is 1. The summed E-state index contributed by atoms with van der Waals surface area (Å²) in [6, 6.07) is 5.95. The van der Waals surface area contributed by atoms with Gasteiger partial charge in [0.15, 0.2) is 11.5 Å². The van der Waals surface area contributed by atoms with Crippen LogP contribution in [0.1, 0.15) is 29.9 Å². The maximum Gasteiger partial charge on any atom is 0.162 e. The molecular formula is C16H18BrNO3. The highest BCUT2D eigenvalue weighted by molar-refractivity contribution is 9.10. The smallest absolute Gasteiger partial charge is 0.162 e. The van der Waals surface area contributed by atoms with Crippen LogP contribution in [-0.4, -0.2) is 19.8 Å². The first-order valence-corrected chi connectivity index (χ1v) is 7.86. The lowest BCUT2D eigenvalue weighted by molar-refractivity contribution is 0.171. The third-order valence-corrected chi connectivity index (χ3v) is 4.23. The monoisotopic (exact) mass is 351 g/mol.